The molecule has 0 bridgehead atoms. The molecule has 4 rings (SSSR count). The zero-order valence-corrected chi connectivity index (χ0v) is 18.5. The van der Waals surface area contributed by atoms with Crippen LogP contribution in [0.4, 0.5) is 5.69 Å². The molecule has 7 heteroatoms. The van der Waals surface area contributed by atoms with Crippen LogP contribution in [0.5, 0.6) is 0 Å². The second-order valence-electron chi connectivity index (χ2n) is 7.97. The minimum atomic E-state index is -0.415. The van der Waals surface area contributed by atoms with Gasteiger partial charge in [0.1, 0.15) is 0 Å². The fourth-order valence-corrected chi connectivity index (χ4v) is 3.77. The monoisotopic (exact) mass is 441 g/mol. The summed E-state index contributed by atoms with van der Waals surface area (Å²) in [4.78, 5) is 52.6. The number of rotatable bonds is 5. The largest absolute Gasteiger partial charge is 0.335 e. The van der Waals surface area contributed by atoms with Gasteiger partial charge in [0.25, 0.3) is 23.6 Å². The number of fused-ring (bicyclic) bond motifs is 1. The molecule has 7 nitrogen and oxygen atoms in total. The Morgan fingerprint density at radius 2 is 1.55 bits per heavy atom. The van der Waals surface area contributed by atoms with Crippen LogP contribution in [-0.2, 0) is 0 Å². The predicted molar refractivity (Wildman–Crippen MR) is 124 cm³/mol. The zero-order chi connectivity index (χ0) is 23.7. The van der Waals surface area contributed by atoms with E-state index in [1.807, 2.05) is 31.2 Å². The van der Waals surface area contributed by atoms with Crippen LogP contribution in [0.1, 0.15) is 60.0 Å². The molecule has 1 N–H and O–H groups in total. The van der Waals surface area contributed by atoms with E-state index in [4.69, 9.17) is 0 Å². The van der Waals surface area contributed by atoms with E-state index in [0.29, 0.717) is 22.4 Å². The first-order valence-corrected chi connectivity index (χ1v) is 10.5. The van der Waals surface area contributed by atoms with E-state index in [1.54, 1.807) is 48.3 Å². The van der Waals surface area contributed by atoms with Crippen LogP contribution in [0.3, 0.4) is 0 Å². The average molecular weight is 441 g/mol. The summed E-state index contributed by atoms with van der Waals surface area (Å²) >= 11 is 0. The molecule has 4 amide bonds. The predicted octanol–water partition coefficient (Wildman–Crippen LogP) is 4.00. The maximum absolute atomic E-state index is 13.1. The average Bonchev–Trinajstić information content (AvgIpc) is 3.06. The summed E-state index contributed by atoms with van der Waals surface area (Å²) in [6.07, 6.45) is 0. The molecule has 0 aromatic heterocycles. The van der Waals surface area contributed by atoms with Crippen molar-refractivity contribution in [2.75, 3.05) is 19.4 Å². The van der Waals surface area contributed by atoms with Crippen LogP contribution in [-0.4, -0.2) is 47.5 Å². The smallest absolute Gasteiger partial charge is 0.261 e. The molecular weight excluding hydrogens is 418 g/mol. The standard InChI is InChI=1S/C26H23N3O4/c1-16(18-10-7-11-20(14-18)27-23(30)17-8-5-4-6-9-17)28(2)24(31)19-12-13-21-22(15-19)26(33)29(3)25(21)32/h4-16H,1-3H3,(H,27,30). The summed E-state index contributed by atoms with van der Waals surface area (Å²) in [6, 6.07) is 20.5. The van der Waals surface area contributed by atoms with Gasteiger partial charge in [0.05, 0.1) is 17.2 Å². The molecule has 166 valence electrons. The molecule has 1 atom stereocenters. The van der Waals surface area contributed by atoms with Crippen molar-refractivity contribution in [3.63, 3.8) is 0 Å². The fraction of sp³-hybridized carbons (Fsp3) is 0.154. The van der Waals surface area contributed by atoms with E-state index >= 15 is 0 Å². The van der Waals surface area contributed by atoms with Crippen molar-refractivity contribution >= 4 is 29.3 Å². The third-order valence-electron chi connectivity index (χ3n) is 5.90. The van der Waals surface area contributed by atoms with Crippen molar-refractivity contribution in [3.8, 4) is 0 Å². The number of benzene rings is 3. The molecule has 0 spiro atoms. The van der Waals surface area contributed by atoms with E-state index in [0.717, 1.165) is 10.5 Å². The summed E-state index contributed by atoms with van der Waals surface area (Å²) in [7, 11) is 3.10. The second kappa shape index (κ2) is 8.70. The Morgan fingerprint density at radius 1 is 0.848 bits per heavy atom. The lowest BCUT2D eigenvalue weighted by Crippen LogP contribution is -2.30. The SMILES string of the molecule is CC(c1cccc(NC(=O)c2ccccc2)c1)N(C)C(=O)c1ccc2c(c1)C(=O)N(C)C2=O. The highest BCUT2D eigenvalue weighted by Gasteiger charge is 2.33. The van der Waals surface area contributed by atoms with Crippen molar-refractivity contribution in [2.24, 2.45) is 0 Å². The first kappa shape index (κ1) is 22.0. The van der Waals surface area contributed by atoms with Gasteiger partial charge in [-0.05, 0) is 55.0 Å². The van der Waals surface area contributed by atoms with Crippen molar-refractivity contribution in [2.45, 2.75) is 13.0 Å². The maximum Gasteiger partial charge on any atom is 0.261 e. The van der Waals surface area contributed by atoms with Gasteiger partial charge in [0, 0.05) is 30.9 Å². The molecule has 1 heterocycles. The molecule has 33 heavy (non-hydrogen) atoms. The van der Waals surface area contributed by atoms with Crippen molar-refractivity contribution in [3.05, 3.63) is 101 Å². The topological polar surface area (TPSA) is 86.8 Å². The van der Waals surface area contributed by atoms with E-state index in [1.165, 1.54) is 19.2 Å². The Morgan fingerprint density at radius 3 is 2.27 bits per heavy atom. The minimum Gasteiger partial charge on any atom is -0.335 e. The second-order valence-corrected chi connectivity index (χ2v) is 7.97. The van der Waals surface area contributed by atoms with E-state index in [9.17, 15) is 19.2 Å². The van der Waals surface area contributed by atoms with E-state index in [-0.39, 0.29) is 29.3 Å². The first-order chi connectivity index (χ1) is 15.8. The first-order valence-electron chi connectivity index (χ1n) is 10.5. The minimum absolute atomic E-state index is 0.216. The number of hydrogen-bond donors (Lipinski definition) is 1. The molecule has 1 unspecified atom stereocenters. The summed E-state index contributed by atoms with van der Waals surface area (Å²) in [6.45, 7) is 1.88. The Labute approximate surface area is 191 Å². The molecule has 0 radical (unpaired) electrons. The van der Waals surface area contributed by atoms with Gasteiger partial charge >= 0.3 is 0 Å². The molecule has 1 aliphatic rings. The van der Waals surface area contributed by atoms with Gasteiger partial charge in [0.15, 0.2) is 0 Å². The van der Waals surface area contributed by atoms with E-state index in [2.05, 4.69) is 5.32 Å². The maximum atomic E-state index is 13.1. The van der Waals surface area contributed by atoms with Crippen LogP contribution >= 0.6 is 0 Å². The molecule has 0 fully saturated rings. The van der Waals surface area contributed by atoms with Crippen LogP contribution in [0.15, 0.2) is 72.8 Å². The third-order valence-corrected chi connectivity index (χ3v) is 5.90. The zero-order valence-electron chi connectivity index (χ0n) is 18.5. The Kier molecular flexibility index (Phi) is 5.79. The lowest BCUT2D eigenvalue weighted by molar-refractivity contribution is 0.0691. The number of carbonyl (C=O) groups excluding carboxylic acids is 4. The van der Waals surface area contributed by atoms with Gasteiger partial charge in [-0.1, -0.05) is 30.3 Å². The van der Waals surface area contributed by atoms with E-state index < -0.39 is 5.91 Å². The summed E-state index contributed by atoms with van der Waals surface area (Å²) in [5.74, 6) is -1.28. The van der Waals surface area contributed by atoms with Gasteiger partial charge in [-0.25, -0.2) is 0 Å². The Balaban J connectivity index is 1.52. The molecule has 3 aromatic carbocycles. The van der Waals surface area contributed by atoms with Gasteiger partial charge in [0.2, 0.25) is 0 Å². The normalized spacial score (nSPS) is 13.5. The summed E-state index contributed by atoms with van der Waals surface area (Å²) in [5, 5.41) is 2.88. The van der Waals surface area contributed by atoms with Crippen LogP contribution in [0.2, 0.25) is 0 Å². The lowest BCUT2D eigenvalue weighted by atomic mass is 10.0. The molecule has 1 aliphatic heterocycles. The van der Waals surface area contributed by atoms with Gasteiger partial charge < -0.3 is 10.2 Å². The summed E-state index contributed by atoms with van der Waals surface area (Å²) < 4.78 is 0. The number of carbonyl (C=O) groups is 4. The molecule has 0 saturated carbocycles. The Hall–Kier alpha value is -4.26. The summed E-state index contributed by atoms with van der Waals surface area (Å²) in [5.41, 5.74) is 2.88. The van der Waals surface area contributed by atoms with Crippen molar-refractivity contribution in [1.29, 1.82) is 0 Å². The Bertz CT molecular complexity index is 1270. The highest BCUT2D eigenvalue weighted by molar-refractivity contribution is 6.21. The highest BCUT2D eigenvalue weighted by Crippen LogP contribution is 2.26. The lowest BCUT2D eigenvalue weighted by Gasteiger charge is -2.26. The van der Waals surface area contributed by atoms with Gasteiger partial charge in [-0.3, -0.25) is 24.1 Å². The quantitative estimate of drug-likeness (QED) is 0.607. The fourth-order valence-electron chi connectivity index (χ4n) is 3.77. The van der Waals surface area contributed by atoms with Crippen LogP contribution < -0.4 is 5.32 Å². The number of hydrogen-bond acceptors (Lipinski definition) is 4. The van der Waals surface area contributed by atoms with Crippen molar-refractivity contribution in [1.82, 2.24) is 9.80 Å². The van der Waals surface area contributed by atoms with Crippen molar-refractivity contribution < 1.29 is 19.2 Å². The third kappa shape index (κ3) is 4.13. The number of imide groups is 1. The highest BCUT2D eigenvalue weighted by atomic mass is 16.2. The molecule has 3 aromatic rings. The number of amides is 4. The molecule has 0 aliphatic carbocycles. The number of nitrogens with one attached hydrogen (secondary N) is 1. The van der Waals surface area contributed by atoms with Gasteiger partial charge in [-0.2, -0.15) is 0 Å². The van der Waals surface area contributed by atoms with Gasteiger partial charge in [-0.15, -0.1) is 0 Å². The number of anilines is 1. The molecule has 0 saturated heterocycles. The van der Waals surface area contributed by atoms with Crippen LogP contribution in [0, 0.1) is 0 Å². The molecular formula is C26H23N3O4. The number of nitrogens with zero attached hydrogens (tertiary/aromatic N) is 2. The van der Waals surface area contributed by atoms with Crippen LogP contribution in [0.25, 0.3) is 0 Å².